The number of hydrogen-bond acceptors (Lipinski definition) is 4. The van der Waals surface area contributed by atoms with Crippen LogP contribution in [0.1, 0.15) is 12.8 Å². The molecule has 0 aliphatic rings. The third-order valence-corrected chi connectivity index (χ3v) is 1.41. The normalized spacial score (nSPS) is 10.9. The van der Waals surface area contributed by atoms with Crippen LogP contribution in [0.5, 0.6) is 0 Å². The predicted molar refractivity (Wildman–Crippen MR) is 37.1 cm³/mol. The average molecular weight is 210 g/mol. The number of carboxylic acid groups (broad SMARTS) is 3. The van der Waals surface area contributed by atoms with Gasteiger partial charge in [0, 0.05) is 0 Å². The van der Waals surface area contributed by atoms with E-state index >= 15 is 0 Å². The van der Waals surface area contributed by atoms with Crippen molar-refractivity contribution in [3.8, 4) is 0 Å². The van der Waals surface area contributed by atoms with Crippen LogP contribution in [0.25, 0.3) is 0 Å². The fourth-order valence-electron chi connectivity index (χ4n) is 0.790. The first kappa shape index (κ1) is 12.3. The Morgan fingerprint density at radius 2 is 1.43 bits per heavy atom. The summed E-state index contributed by atoms with van der Waals surface area (Å²) in [4.78, 5) is 33.7. The molecule has 0 heterocycles. The van der Waals surface area contributed by atoms with Crippen molar-refractivity contribution in [3.05, 3.63) is 0 Å². The highest BCUT2D eigenvalue weighted by Gasteiger charge is 2.46. The van der Waals surface area contributed by atoms with Crippen molar-refractivity contribution in [2.75, 3.05) is 0 Å². The van der Waals surface area contributed by atoms with E-state index in [2.05, 4.69) is 4.94 Å². The second-order valence-corrected chi connectivity index (χ2v) is 2.52. The van der Waals surface area contributed by atoms with Gasteiger partial charge in [-0.2, -0.15) is 4.94 Å². The molecule has 0 saturated carbocycles. The summed E-state index contributed by atoms with van der Waals surface area (Å²) in [5.74, 6) is -5.33. The number of carbonyl (C=O) groups is 3. The lowest BCUT2D eigenvalue weighted by molar-refractivity contribution is -0.247. The molecule has 0 rings (SSSR count). The Balaban J connectivity index is 4.87. The van der Waals surface area contributed by atoms with Crippen LogP contribution in [0, 0.1) is 0 Å². The minimum atomic E-state index is -2.86. The van der Waals surface area contributed by atoms with Crippen LogP contribution < -0.4 is 0 Å². The van der Waals surface area contributed by atoms with Gasteiger partial charge in [0.25, 0.3) is 0 Å². The summed E-state index contributed by atoms with van der Waals surface area (Å²) < 4.78 is 11.9. The minimum Gasteiger partial charge on any atom is -0.481 e. The Morgan fingerprint density at radius 3 is 1.57 bits per heavy atom. The van der Waals surface area contributed by atoms with E-state index in [1.807, 2.05) is 0 Å². The number of aliphatic carboxylic acids is 3. The lowest BCUT2D eigenvalue weighted by Crippen LogP contribution is -2.43. The fraction of sp³-hybridized carbons (Fsp3) is 0.500. The van der Waals surface area contributed by atoms with Crippen LogP contribution in [0.3, 0.4) is 0 Å². The summed E-state index contributed by atoms with van der Waals surface area (Å²) in [5, 5.41) is 24.9. The Labute approximate surface area is 76.6 Å². The molecule has 8 heteroatoms. The van der Waals surface area contributed by atoms with Crippen molar-refractivity contribution in [1.82, 2.24) is 0 Å². The zero-order chi connectivity index (χ0) is 11.4. The van der Waals surface area contributed by atoms with Gasteiger partial charge >= 0.3 is 17.9 Å². The van der Waals surface area contributed by atoms with Crippen molar-refractivity contribution >= 4 is 17.9 Å². The van der Waals surface area contributed by atoms with Crippen molar-refractivity contribution in [3.63, 3.8) is 0 Å². The van der Waals surface area contributed by atoms with Crippen LogP contribution in [0.2, 0.25) is 0 Å². The van der Waals surface area contributed by atoms with Gasteiger partial charge in [0.2, 0.25) is 5.60 Å². The van der Waals surface area contributed by atoms with E-state index in [0.717, 1.165) is 0 Å². The van der Waals surface area contributed by atoms with E-state index in [9.17, 15) is 18.9 Å². The van der Waals surface area contributed by atoms with Crippen molar-refractivity contribution < 1.29 is 39.2 Å². The third kappa shape index (κ3) is 2.98. The van der Waals surface area contributed by atoms with E-state index in [0.29, 0.717) is 0 Å². The molecule has 0 unspecified atom stereocenters. The summed E-state index contributed by atoms with van der Waals surface area (Å²) in [5.41, 5.74) is -2.86. The highest BCUT2D eigenvalue weighted by Crippen LogP contribution is 2.22. The molecule has 0 aliphatic carbocycles. The number of carboxylic acids is 3. The van der Waals surface area contributed by atoms with Gasteiger partial charge in [0.05, 0.1) is 12.8 Å². The summed E-state index contributed by atoms with van der Waals surface area (Å²) >= 11 is 0. The summed E-state index contributed by atoms with van der Waals surface area (Å²) in [7, 11) is 0. The lowest BCUT2D eigenvalue weighted by atomic mass is 9.96. The molecule has 3 N–H and O–H groups in total. The summed E-state index contributed by atoms with van der Waals surface area (Å²) in [6.45, 7) is 0. The molecule has 0 atom stereocenters. The molecule has 80 valence electrons. The van der Waals surface area contributed by atoms with E-state index in [-0.39, 0.29) is 0 Å². The van der Waals surface area contributed by atoms with Crippen molar-refractivity contribution in [1.29, 1.82) is 0 Å². The molecule has 0 aromatic heterocycles. The topological polar surface area (TPSA) is 121 Å². The second-order valence-electron chi connectivity index (χ2n) is 2.52. The Morgan fingerprint density at radius 1 is 1.07 bits per heavy atom. The average Bonchev–Trinajstić information content (AvgIpc) is 2.00. The molecule has 0 aromatic rings. The Bertz CT molecular complexity index is 245. The van der Waals surface area contributed by atoms with Gasteiger partial charge in [-0.25, -0.2) is 4.79 Å². The van der Waals surface area contributed by atoms with Crippen LogP contribution in [0.15, 0.2) is 0 Å². The zero-order valence-electron chi connectivity index (χ0n) is 6.77. The predicted octanol–water partition coefficient (Wildman–Crippen LogP) is -0.340. The van der Waals surface area contributed by atoms with Crippen LogP contribution >= 0.6 is 0 Å². The van der Waals surface area contributed by atoms with Crippen LogP contribution in [-0.4, -0.2) is 38.8 Å². The molecule has 0 bridgehead atoms. The van der Waals surface area contributed by atoms with Gasteiger partial charge in [-0.15, -0.1) is 0 Å². The van der Waals surface area contributed by atoms with Gasteiger partial charge in [-0.1, -0.05) is 0 Å². The first-order valence-electron chi connectivity index (χ1n) is 3.31. The molecule has 0 saturated heterocycles. The molecule has 0 fully saturated rings. The van der Waals surface area contributed by atoms with Gasteiger partial charge in [0.15, 0.2) is 0 Å². The molecule has 0 amide bonds. The third-order valence-electron chi connectivity index (χ3n) is 1.41. The smallest absolute Gasteiger partial charge is 0.340 e. The molecule has 14 heavy (non-hydrogen) atoms. The number of halogens is 1. The van der Waals surface area contributed by atoms with E-state index in [1.54, 1.807) is 0 Å². The Kier molecular flexibility index (Phi) is 3.96. The highest BCUT2D eigenvalue weighted by molar-refractivity contribution is 5.88. The minimum absolute atomic E-state index is 1.27. The monoisotopic (exact) mass is 210 g/mol. The van der Waals surface area contributed by atoms with Gasteiger partial charge in [-0.05, 0) is 4.53 Å². The molecule has 7 nitrogen and oxygen atoms in total. The van der Waals surface area contributed by atoms with Gasteiger partial charge in [0.1, 0.15) is 0 Å². The molecule has 0 aliphatic heterocycles. The second kappa shape index (κ2) is 4.51. The number of rotatable bonds is 6. The summed E-state index contributed by atoms with van der Waals surface area (Å²) in [6.07, 6.45) is -2.55. The fourth-order valence-corrected chi connectivity index (χ4v) is 0.790. The van der Waals surface area contributed by atoms with Crippen LogP contribution in [-0.2, 0) is 19.3 Å². The molecular formula is C6H7FO7. The number of hydrogen-bond donors (Lipinski definition) is 3. The maximum atomic E-state index is 11.9. The van der Waals surface area contributed by atoms with Gasteiger partial charge in [-0.3, -0.25) is 9.59 Å². The van der Waals surface area contributed by atoms with Crippen molar-refractivity contribution in [2.45, 2.75) is 18.4 Å². The molecular weight excluding hydrogens is 203 g/mol. The quantitative estimate of drug-likeness (QED) is 0.548. The molecule has 0 aromatic carbocycles. The SMILES string of the molecule is O=C(O)CC(CC(=O)O)(OF)C(=O)O. The first-order valence-corrected chi connectivity index (χ1v) is 3.31. The van der Waals surface area contributed by atoms with E-state index < -0.39 is 36.4 Å². The van der Waals surface area contributed by atoms with E-state index in [1.165, 1.54) is 0 Å². The van der Waals surface area contributed by atoms with E-state index in [4.69, 9.17) is 15.3 Å². The maximum Gasteiger partial charge on any atom is 0.340 e. The zero-order valence-corrected chi connectivity index (χ0v) is 6.77. The molecule has 0 spiro atoms. The molecule has 0 radical (unpaired) electrons. The highest BCUT2D eigenvalue weighted by atomic mass is 19.3. The summed E-state index contributed by atoms with van der Waals surface area (Å²) in [6, 6.07) is 0. The standard InChI is InChI=1S/C6H7FO7/c7-14-6(5(12)13,1-3(8)9)2-4(10)11/h1-2H2,(H,8,9)(H,10,11)(H,12,13). The maximum absolute atomic E-state index is 11.9. The van der Waals surface area contributed by atoms with Crippen LogP contribution in [0.4, 0.5) is 4.53 Å². The van der Waals surface area contributed by atoms with Gasteiger partial charge < -0.3 is 15.3 Å². The first-order chi connectivity index (χ1) is 6.34. The largest absolute Gasteiger partial charge is 0.481 e. The Hall–Kier alpha value is -1.70. The van der Waals surface area contributed by atoms with Crippen molar-refractivity contribution in [2.24, 2.45) is 0 Å². The lowest BCUT2D eigenvalue weighted by Gasteiger charge is -2.19.